The van der Waals surface area contributed by atoms with Crippen LogP contribution < -0.4 is 5.73 Å². The highest BCUT2D eigenvalue weighted by Gasteiger charge is 2.33. The van der Waals surface area contributed by atoms with E-state index in [1.165, 1.54) is 19.9 Å². The molecule has 0 aliphatic carbocycles. The average Bonchev–Trinajstić information content (AvgIpc) is 3.00. The van der Waals surface area contributed by atoms with Crippen molar-refractivity contribution in [3.63, 3.8) is 0 Å². The fraction of sp³-hybridized carbons (Fsp3) is 0.286. The molecule has 1 aromatic heterocycles. The molecule has 0 saturated heterocycles. The molecule has 0 radical (unpaired) electrons. The Labute approximate surface area is 134 Å². The molecular weight excluding hydrogens is 322 g/mol. The van der Waals surface area contributed by atoms with Crippen molar-refractivity contribution in [2.24, 2.45) is 0 Å². The number of hydrogen-bond donors (Lipinski definition) is 1. The van der Waals surface area contributed by atoms with Gasteiger partial charge < -0.3 is 15.2 Å². The largest absolute Gasteiger partial charge is 0.460 e. The van der Waals surface area contributed by atoms with Gasteiger partial charge in [0.05, 0.1) is 24.3 Å². The topological polar surface area (TPSA) is 152 Å². The van der Waals surface area contributed by atoms with E-state index in [2.05, 4.69) is 24.4 Å². The zero-order valence-corrected chi connectivity index (χ0v) is 12.8. The van der Waals surface area contributed by atoms with Gasteiger partial charge in [-0.2, -0.15) is 0 Å². The van der Waals surface area contributed by atoms with E-state index in [-0.39, 0.29) is 29.9 Å². The summed E-state index contributed by atoms with van der Waals surface area (Å²) in [5, 5.41) is 7.01. The zero-order valence-electron chi connectivity index (χ0n) is 12.8. The molecule has 0 spiro atoms. The first kappa shape index (κ1) is 17.1. The maximum Gasteiger partial charge on any atom is 0.379 e. The summed E-state index contributed by atoms with van der Waals surface area (Å²) in [5.74, 6) is -4.84. The van der Waals surface area contributed by atoms with Crippen LogP contribution in [0.1, 0.15) is 34.6 Å². The van der Waals surface area contributed by atoms with Gasteiger partial charge in [0, 0.05) is 5.69 Å². The van der Waals surface area contributed by atoms with Crippen LogP contribution in [0.2, 0.25) is 0 Å². The predicted molar refractivity (Wildman–Crippen MR) is 78.1 cm³/mol. The van der Waals surface area contributed by atoms with Crippen molar-refractivity contribution in [2.75, 3.05) is 18.9 Å². The second kappa shape index (κ2) is 6.86. The lowest BCUT2D eigenvalue weighted by molar-refractivity contribution is -0.138. The molecule has 0 aliphatic rings. The number of Topliss-reactive ketones (excluding diaryl/α,β-unsaturated/α-hetero) is 2. The normalized spacial score (nSPS) is 10.4. The van der Waals surface area contributed by atoms with Crippen molar-refractivity contribution in [3.8, 4) is 0 Å². The molecule has 0 bridgehead atoms. The Bertz CT molecular complexity index is 840. The number of rotatable bonds is 6. The Morgan fingerprint density at radius 2 is 1.54 bits per heavy atom. The van der Waals surface area contributed by atoms with Gasteiger partial charge in [0.1, 0.15) is 11.0 Å². The van der Waals surface area contributed by atoms with Crippen LogP contribution in [0.4, 0.5) is 5.69 Å². The van der Waals surface area contributed by atoms with E-state index in [1.54, 1.807) is 0 Å². The van der Waals surface area contributed by atoms with Gasteiger partial charge in [-0.1, -0.05) is 0 Å². The van der Waals surface area contributed by atoms with Gasteiger partial charge in [-0.3, -0.25) is 9.59 Å². The number of ketones is 2. The minimum atomic E-state index is -1.23. The standard InChI is InChI=1S/C14H13N3O7/c1-3-22-13(20)11(18)8-6(15)5-7-10(17-24-16-7)9(8)12(19)14(21)23-4-2/h5H,3-4,15H2,1-2H3. The third-order valence-electron chi connectivity index (χ3n) is 2.96. The Morgan fingerprint density at radius 3 is 2.08 bits per heavy atom. The third kappa shape index (κ3) is 2.93. The highest BCUT2D eigenvalue weighted by atomic mass is 16.6. The monoisotopic (exact) mass is 335 g/mol. The van der Waals surface area contributed by atoms with E-state index in [4.69, 9.17) is 5.73 Å². The van der Waals surface area contributed by atoms with E-state index in [9.17, 15) is 19.2 Å². The molecule has 2 N–H and O–H groups in total. The number of fused-ring (bicyclic) bond motifs is 1. The molecule has 0 fully saturated rings. The minimum Gasteiger partial charge on any atom is -0.460 e. The number of nitrogens with zero attached hydrogens (tertiary/aromatic N) is 2. The molecule has 0 amide bonds. The molecule has 1 heterocycles. The molecule has 2 aromatic rings. The first-order valence-electron chi connectivity index (χ1n) is 6.89. The lowest BCUT2D eigenvalue weighted by atomic mass is 9.96. The van der Waals surface area contributed by atoms with Crippen molar-refractivity contribution in [3.05, 3.63) is 17.2 Å². The van der Waals surface area contributed by atoms with Crippen molar-refractivity contribution in [1.29, 1.82) is 0 Å². The zero-order chi connectivity index (χ0) is 17.9. The highest BCUT2D eigenvalue weighted by molar-refractivity contribution is 6.49. The molecule has 0 saturated carbocycles. The maximum absolute atomic E-state index is 12.4. The maximum atomic E-state index is 12.4. The molecule has 10 nitrogen and oxygen atoms in total. The van der Waals surface area contributed by atoms with Crippen molar-refractivity contribution in [1.82, 2.24) is 10.3 Å². The van der Waals surface area contributed by atoms with Gasteiger partial charge in [0.2, 0.25) is 0 Å². The van der Waals surface area contributed by atoms with Crippen molar-refractivity contribution >= 4 is 40.2 Å². The van der Waals surface area contributed by atoms with Crippen LogP contribution in [0.5, 0.6) is 0 Å². The Morgan fingerprint density at radius 1 is 1.00 bits per heavy atom. The van der Waals surface area contributed by atoms with Crippen molar-refractivity contribution < 1.29 is 33.3 Å². The molecule has 10 heteroatoms. The van der Waals surface area contributed by atoms with E-state index in [0.717, 1.165) is 0 Å². The Balaban J connectivity index is 2.69. The fourth-order valence-electron chi connectivity index (χ4n) is 2.01. The Kier molecular flexibility index (Phi) is 4.87. The van der Waals surface area contributed by atoms with E-state index >= 15 is 0 Å². The number of hydrogen-bond acceptors (Lipinski definition) is 10. The number of nitrogen functional groups attached to an aromatic ring is 1. The summed E-state index contributed by atoms with van der Waals surface area (Å²) in [6.07, 6.45) is 0. The molecule has 126 valence electrons. The van der Waals surface area contributed by atoms with Crippen LogP contribution in [0.3, 0.4) is 0 Å². The summed E-state index contributed by atoms with van der Waals surface area (Å²) in [7, 11) is 0. The summed E-state index contributed by atoms with van der Waals surface area (Å²) in [5.41, 5.74) is 4.35. The second-order valence-corrected chi connectivity index (χ2v) is 4.45. The summed E-state index contributed by atoms with van der Waals surface area (Å²) >= 11 is 0. The van der Waals surface area contributed by atoms with Gasteiger partial charge in [0.25, 0.3) is 11.6 Å². The molecule has 0 atom stereocenters. The van der Waals surface area contributed by atoms with E-state index in [0.29, 0.717) is 0 Å². The summed E-state index contributed by atoms with van der Waals surface area (Å²) in [6, 6.07) is 1.19. The van der Waals surface area contributed by atoms with Crippen LogP contribution >= 0.6 is 0 Å². The van der Waals surface area contributed by atoms with Crippen LogP contribution in [0.15, 0.2) is 10.7 Å². The van der Waals surface area contributed by atoms with Gasteiger partial charge in [-0.05, 0) is 30.2 Å². The first-order chi connectivity index (χ1) is 11.4. The number of ether oxygens (including phenoxy) is 2. The summed E-state index contributed by atoms with van der Waals surface area (Å²) in [6.45, 7) is 2.89. The first-order valence-corrected chi connectivity index (χ1v) is 6.89. The Hall–Kier alpha value is -3.30. The van der Waals surface area contributed by atoms with Crippen LogP contribution in [-0.4, -0.2) is 47.0 Å². The summed E-state index contributed by atoms with van der Waals surface area (Å²) in [4.78, 5) is 48.1. The van der Waals surface area contributed by atoms with Crippen LogP contribution in [-0.2, 0) is 19.1 Å². The second-order valence-electron chi connectivity index (χ2n) is 4.45. The van der Waals surface area contributed by atoms with Gasteiger partial charge in [-0.25, -0.2) is 14.2 Å². The van der Waals surface area contributed by atoms with E-state index in [1.807, 2.05) is 0 Å². The SMILES string of the molecule is CCOC(=O)C(=O)c1c(N)cc2nonc2c1C(=O)C(=O)OCC. The van der Waals surface area contributed by atoms with Gasteiger partial charge in [0.15, 0.2) is 0 Å². The van der Waals surface area contributed by atoms with Crippen LogP contribution in [0, 0.1) is 0 Å². The number of nitrogens with two attached hydrogens (primary N) is 1. The van der Waals surface area contributed by atoms with Gasteiger partial charge >= 0.3 is 11.9 Å². The average molecular weight is 335 g/mol. The van der Waals surface area contributed by atoms with E-state index < -0.39 is 34.6 Å². The molecule has 0 aliphatic heterocycles. The predicted octanol–water partition coefficient (Wildman–Crippen LogP) is 0.297. The number of carbonyl (C=O) groups is 4. The molecule has 0 unspecified atom stereocenters. The molecule has 2 rings (SSSR count). The number of benzene rings is 1. The fourth-order valence-corrected chi connectivity index (χ4v) is 2.01. The quantitative estimate of drug-likeness (QED) is 0.337. The molecule has 1 aromatic carbocycles. The number of esters is 2. The molecule has 24 heavy (non-hydrogen) atoms. The lowest BCUT2D eigenvalue weighted by Crippen LogP contribution is -2.26. The smallest absolute Gasteiger partial charge is 0.379 e. The van der Waals surface area contributed by atoms with Crippen LogP contribution in [0.25, 0.3) is 11.0 Å². The minimum absolute atomic E-state index is 0.0422. The number of aromatic nitrogens is 2. The third-order valence-corrected chi connectivity index (χ3v) is 2.96. The van der Waals surface area contributed by atoms with Crippen molar-refractivity contribution in [2.45, 2.75) is 13.8 Å². The number of carbonyl (C=O) groups excluding carboxylic acids is 4. The summed E-state index contributed by atoms with van der Waals surface area (Å²) < 4.78 is 13.8. The molecular formula is C14H13N3O7. The van der Waals surface area contributed by atoms with Gasteiger partial charge in [-0.15, -0.1) is 0 Å². The highest BCUT2D eigenvalue weighted by Crippen LogP contribution is 2.27. The number of anilines is 1. The lowest BCUT2D eigenvalue weighted by Gasteiger charge is -2.10.